The third-order valence-electron chi connectivity index (χ3n) is 3.67. The first kappa shape index (κ1) is 12.8. The largest absolute Gasteiger partial charge is 0.388 e. The Kier molecular flexibility index (Phi) is 3.16. The minimum atomic E-state index is -0.637. The molecule has 0 radical (unpaired) electrons. The van der Waals surface area contributed by atoms with Gasteiger partial charge in [0.1, 0.15) is 10.9 Å². The van der Waals surface area contributed by atoms with E-state index in [4.69, 9.17) is 4.74 Å². The van der Waals surface area contributed by atoms with Crippen molar-refractivity contribution in [2.45, 2.75) is 32.4 Å². The number of aliphatic hydroxyl groups excluding tert-OH is 1. The van der Waals surface area contributed by atoms with Crippen LogP contribution in [0.1, 0.15) is 23.4 Å². The summed E-state index contributed by atoms with van der Waals surface area (Å²) in [6, 6.07) is -0.325. The van der Waals surface area contributed by atoms with Crippen LogP contribution in [-0.2, 0) is 11.2 Å². The molecule has 2 aromatic heterocycles. The van der Waals surface area contributed by atoms with Crippen LogP contribution >= 0.6 is 11.3 Å². The predicted octanol–water partition coefficient (Wildman–Crippen LogP) is 1.26. The van der Waals surface area contributed by atoms with Crippen LogP contribution in [0.4, 0.5) is 0 Å². The van der Waals surface area contributed by atoms with Crippen LogP contribution in [0.5, 0.6) is 0 Å². The van der Waals surface area contributed by atoms with E-state index in [1.54, 1.807) is 11.3 Å². The smallest absolute Gasteiger partial charge is 0.262 e. The first-order chi connectivity index (χ1) is 9.13. The summed E-state index contributed by atoms with van der Waals surface area (Å²) < 4.78 is 6.74. The van der Waals surface area contributed by atoms with Crippen molar-refractivity contribution < 1.29 is 9.84 Å². The van der Waals surface area contributed by atoms with Gasteiger partial charge in [0.15, 0.2) is 0 Å². The molecule has 102 valence electrons. The normalized spacial score (nSPS) is 23.3. The number of rotatable bonds is 2. The molecule has 3 heterocycles. The zero-order chi connectivity index (χ0) is 13.6. The highest BCUT2D eigenvalue weighted by molar-refractivity contribution is 7.18. The van der Waals surface area contributed by atoms with Crippen LogP contribution in [0.15, 0.2) is 11.1 Å². The number of hydrogen-bond acceptors (Lipinski definition) is 5. The van der Waals surface area contributed by atoms with Crippen molar-refractivity contribution in [3.05, 3.63) is 27.1 Å². The van der Waals surface area contributed by atoms with Gasteiger partial charge in [-0.15, -0.1) is 11.3 Å². The highest BCUT2D eigenvalue weighted by Gasteiger charge is 2.29. The SMILES string of the molecule is CCc1c(C)sc2ncn([C@H]3COC[C@@H]3O)c(=O)c12. The summed E-state index contributed by atoms with van der Waals surface area (Å²) >= 11 is 1.55. The maximum absolute atomic E-state index is 12.6. The Labute approximate surface area is 114 Å². The molecule has 1 aliphatic heterocycles. The van der Waals surface area contributed by atoms with E-state index in [2.05, 4.69) is 4.98 Å². The van der Waals surface area contributed by atoms with Gasteiger partial charge < -0.3 is 9.84 Å². The molecule has 6 heteroatoms. The molecule has 1 saturated heterocycles. The predicted molar refractivity (Wildman–Crippen MR) is 73.9 cm³/mol. The van der Waals surface area contributed by atoms with E-state index < -0.39 is 6.10 Å². The Bertz CT molecular complexity index is 676. The van der Waals surface area contributed by atoms with Gasteiger partial charge in [-0.1, -0.05) is 6.92 Å². The molecule has 1 fully saturated rings. The van der Waals surface area contributed by atoms with Crippen molar-refractivity contribution in [1.29, 1.82) is 0 Å². The zero-order valence-electron chi connectivity index (χ0n) is 10.9. The molecule has 0 aromatic carbocycles. The van der Waals surface area contributed by atoms with E-state index in [-0.39, 0.29) is 18.2 Å². The first-order valence-corrected chi connectivity index (χ1v) is 7.20. The van der Waals surface area contributed by atoms with Gasteiger partial charge in [0, 0.05) is 4.88 Å². The van der Waals surface area contributed by atoms with E-state index in [1.165, 1.54) is 10.9 Å². The Morgan fingerprint density at radius 2 is 2.37 bits per heavy atom. The molecule has 0 amide bonds. The number of ether oxygens (including phenoxy) is 1. The molecule has 1 N–H and O–H groups in total. The lowest BCUT2D eigenvalue weighted by Crippen LogP contribution is -2.31. The Morgan fingerprint density at radius 1 is 1.58 bits per heavy atom. The number of fused-ring (bicyclic) bond motifs is 1. The molecular weight excluding hydrogens is 264 g/mol. The maximum atomic E-state index is 12.6. The number of aromatic nitrogens is 2. The van der Waals surface area contributed by atoms with Gasteiger partial charge in [-0.2, -0.15) is 0 Å². The Hall–Kier alpha value is -1.24. The number of hydrogen-bond donors (Lipinski definition) is 1. The summed E-state index contributed by atoms with van der Waals surface area (Å²) in [5.74, 6) is 0. The molecule has 3 rings (SSSR count). The average molecular weight is 280 g/mol. The van der Waals surface area contributed by atoms with E-state index in [0.29, 0.717) is 12.0 Å². The standard InChI is InChI=1S/C13H16N2O3S/c1-3-8-7(2)19-12-11(8)13(17)15(6-14-12)9-4-18-5-10(9)16/h6,9-10,16H,3-5H2,1-2H3/t9-,10-/m0/s1. The second kappa shape index (κ2) is 4.70. The number of aryl methyl sites for hydroxylation is 2. The second-order valence-electron chi connectivity index (χ2n) is 4.80. The lowest BCUT2D eigenvalue weighted by Gasteiger charge is -2.15. The van der Waals surface area contributed by atoms with Crippen LogP contribution in [0.3, 0.4) is 0 Å². The van der Waals surface area contributed by atoms with Gasteiger partial charge in [-0.05, 0) is 18.9 Å². The Morgan fingerprint density at radius 3 is 3.00 bits per heavy atom. The Balaban J connectivity index is 2.23. The van der Waals surface area contributed by atoms with Gasteiger partial charge in [0.2, 0.25) is 0 Å². The fraction of sp³-hybridized carbons (Fsp3) is 0.538. The average Bonchev–Trinajstić information content (AvgIpc) is 2.93. The van der Waals surface area contributed by atoms with Crippen molar-refractivity contribution in [1.82, 2.24) is 9.55 Å². The number of thiophene rings is 1. The van der Waals surface area contributed by atoms with E-state index in [0.717, 1.165) is 21.7 Å². The van der Waals surface area contributed by atoms with Gasteiger partial charge >= 0.3 is 0 Å². The van der Waals surface area contributed by atoms with Gasteiger partial charge in [0.05, 0.1) is 31.0 Å². The van der Waals surface area contributed by atoms with Crippen LogP contribution in [0.25, 0.3) is 10.2 Å². The van der Waals surface area contributed by atoms with Gasteiger partial charge in [-0.3, -0.25) is 9.36 Å². The third kappa shape index (κ3) is 1.91. The van der Waals surface area contributed by atoms with Crippen LogP contribution in [0, 0.1) is 6.92 Å². The molecule has 2 atom stereocenters. The van der Waals surface area contributed by atoms with Crippen molar-refractivity contribution in [2.75, 3.05) is 13.2 Å². The van der Waals surface area contributed by atoms with Crippen LogP contribution < -0.4 is 5.56 Å². The lowest BCUT2D eigenvalue weighted by atomic mass is 10.1. The summed E-state index contributed by atoms with van der Waals surface area (Å²) in [7, 11) is 0. The molecule has 0 bridgehead atoms. The summed E-state index contributed by atoms with van der Waals surface area (Å²) in [5, 5.41) is 10.6. The minimum absolute atomic E-state index is 0.0687. The maximum Gasteiger partial charge on any atom is 0.262 e. The van der Waals surface area contributed by atoms with Crippen LogP contribution in [-0.4, -0.2) is 34.0 Å². The van der Waals surface area contributed by atoms with Crippen LogP contribution in [0.2, 0.25) is 0 Å². The zero-order valence-corrected chi connectivity index (χ0v) is 11.7. The summed E-state index contributed by atoms with van der Waals surface area (Å²) in [6.07, 6.45) is 1.71. The number of aliphatic hydroxyl groups is 1. The molecule has 5 nitrogen and oxygen atoms in total. The first-order valence-electron chi connectivity index (χ1n) is 6.38. The minimum Gasteiger partial charge on any atom is -0.388 e. The molecule has 1 aliphatic rings. The monoisotopic (exact) mass is 280 g/mol. The van der Waals surface area contributed by atoms with Crippen molar-refractivity contribution in [3.63, 3.8) is 0 Å². The summed E-state index contributed by atoms with van der Waals surface area (Å²) in [5.41, 5.74) is 1.00. The summed E-state index contributed by atoms with van der Waals surface area (Å²) in [6.45, 7) is 4.69. The molecule has 0 unspecified atom stereocenters. The van der Waals surface area contributed by atoms with E-state index in [1.807, 2.05) is 13.8 Å². The lowest BCUT2D eigenvalue weighted by molar-refractivity contribution is 0.119. The second-order valence-corrected chi connectivity index (χ2v) is 6.00. The van der Waals surface area contributed by atoms with Crippen molar-refractivity contribution >= 4 is 21.6 Å². The summed E-state index contributed by atoms with van der Waals surface area (Å²) in [4.78, 5) is 18.9. The molecule has 19 heavy (non-hydrogen) atoms. The van der Waals surface area contributed by atoms with E-state index >= 15 is 0 Å². The molecule has 2 aromatic rings. The molecule has 0 aliphatic carbocycles. The quantitative estimate of drug-likeness (QED) is 0.899. The van der Waals surface area contributed by atoms with Crippen molar-refractivity contribution in [3.8, 4) is 0 Å². The van der Waals surface area contributed by atoms with E-state index in [9.17, 15) is 9.90 Å². The highest BCUT2D eigenvalue weighted by Crippen LogP contribution is 2.28. The molecule has 0 saturated carbocycles. The third-order valence-corrected chi connectivity index (χ3v) is 4.73. The van der Waals surface area contributed by atoms with Gasteiger partial charge in [0.25, 0.3) is 5.56 Å². The molecular formula is C13H16N2O3S. The highest BCUT2D eigenvalue weighted by atomic mass is 32.1. The van der Waals surface area contributed by atoms with Crippen molar-refractivity contribution in [2.24, 2.45) is 0 Å². The number of nitrogens with zero attached hydrogens (tertiary/aromatic N) is 2. The topological polar surface area (TPSA) is 64.3 Å². The molecule has 0 spiro atoms. The fourth-order valence-electron chi connectivity index (χ4n) is 2.63. The van der Waals surface area contributed by atoms with Gasteiger partial charge in [-0.25, -0.2) is 4.98 Å². The fourth-order valence-corrected chi connectivity index (χ4v) is 3.70.